The van der Waals surface area contributed by atoms with E-state index in [1.165, 1.54) is 0 Å². The van der Waals surface area contributed by atoms with E-state index in [-0.39, 0.29) is 0 Å². The van der Waals surface area contributed by atoms with Gasteiger partial charge in [0.2, 0.25) is 5.95 Å². The van der Waals surface area contributed by atoms with Gasteiger partial charge in [-0.05, 0) is 31.0 Å². The third-order valence-corrected chi connectivity index (χ3v) is 5.19. The van der Waals surface area contributed by atoms with Crippen molar-refractivity contribution in [3.63, 3.8) is 0 Å². The molecule has 0 atom stereocenters. The van der Waals surface area contributed by atoms with Crippen LogP contribution in [0.1, 0.15) is 12.8 Å². The lowest BCUT2D eigenvalue weighted by atomic mass is 9.89. The van der Waals surface area contributed by atoms with Crippen LogP contribution in [0.15, 0.2) is 49.2 Å². The summed E-state index contributed by atoms with van der Waals surface area (Å²) >= 11 is 0. The van der Waals surface area contributed by atoms with Crippen molar-refractivity contribution in [1.29, 1.82) is 0 Å². The van der Waals surface area contributed by atoms with Gasteiger partial charge in [0.1, 0.15) is 5.65 Å². The minimum Gasteiger partial charge on any atom is -0.382 e. The molecule has 0 bridgehead atoms. The van der Waals surface area contributed by atoms with E-state index in [2.05, 4.69) is 38.7 Å². The average Bonchev–Trinajstić information content (AvgIpc) is 3.31. The number of anilines is 1. The number of aromatic nitrogens is 5. The maximum Gasteiger partial charge on any atom is 0.241 e. The van der Waals surface area contributed by atoms with Crippen LogP contribution >= 0.6 is 0 Å². The molecule has 1 N–H and O–H groups in total. The Bertz CT molecular complexity index is 1100. The van der Waals surface area contributed by atoms with Gasteiger partial charge in [0.25, 0.3) is 0 Å². The highest BCUT2D eigenvalue weighted by molar-refractivity contribution is 5.80. The maximum atomic E-state index is 5.72. The molecule has 1 saturated carbocycles. The molecule has 4 aromatic heterocycles. The fourth-order valence-electron chi connectivity index (χ4n) is 3.59. The van der Waals surface area contributed by atoms with Crippen molar-refractivity contribution in [2.45, 2.75) is 25.0 Å². The molecular weight excluding hydrogens is 356 g/mol. The molecular formula is C20H22N6O2. The zero-order chi connectivity index (χ0) is 18.9. The van der Waals surface area contributed by atoms with E-state index >= 15 is 0 Å². The number of nitrogens with zero attached hydrogens (tertiary/aromatic N) is 5. The van der Waals surface area contributed by atoms with Crippen LogP contribution in [0.4, 0.5) is 5.95 Å². The van der Waals surface area contributed by atoms with E-state index in [1.54, 1.807) is 13.3 Å². The Hall–Kier alpha value is -2.97. The first-order valence-electron chi connectivity index (χ1n) is 9.45. The van der Waals surface area contributed by atoms with Crippen LogP contribution in [0.3, 0.4) is 0 Å². The Morgan fingerprint density at radius 3 is 2.96 bits per heavy atom. The zero-order valence-electron chi connectivity index (χ0n) is 15.7. The van der Waals surface area contributed by atoms with Crippen molar-refractivity contribution < 1.29 is 9.47 Å². The summed E-state index contributed by atoms with van der Waals surface area (Å²) in [6, 6.07) is 6.50. The summed E-state index contributed by atoms with van der Waals surface area (Å²) in [5.41, 5.74) is 4.10. The number of fused-ring (bicyclic) bond motifs is 2. The second kappa shape index (κ2) is 7.21. The van der Waals surface area contributed by atoms with Crippen LogP contribution in [0.5, 0.6) is 0 Å². The van der Waals surface area contributed by atoms with E-state index in [9.17, 15) is 0 Å². The van der Waals surface area contributed by atoms with Crippen molar-refractivity contribution in [2.24, 2.45) is 0 Å². The highest BCUT2D eigenvalue weighted by atomic mass is 16.5. The van der Waals surface area contributed by atoms with Gasteiger partial charge in [-0.15, -0.1) is 5.10 Å². The predicted molar refractivity (Wildman–Crippen MR) is 105 cm³/mol. The second-order valence-corrected chi connectivity index (χ2v) is 7.05. The number of ether oxygens (including phenoxy) is 2. The van der Waals surface area contributed by atoms with Gasteiger partial charge in [0, 0.05) is 49.1 Å². The lowest BCUT2D eigenvalue weighted by Gasteiger charge is -2.35. The lowest BCUT2D eigenvalue weighted by Crippen LogP contribution is -2.41. The molecule has 0 spiro atoms. The minimum atomic E-state index is 0.299. The van der Waals surface area contributed by atoms with Crippen LogP contribution in [0, 0.1) is 0 Å². The van der Waals surface area contributed by atoms with Gasteiger partial charge < -0.3 is 19.2 Å². The van der Waals surface area contributed by atoms with Gasteiger partial charge in [0.15, 0.2) is 0 Å². The Labute approximate surface area is 162 Å². The number of hydrogen-bond donors (Lipinski definition) is 1. The number of rotatable bonds is 7. The van der Waals surface area contributed by atoms with Gasteiger partial charge in [-0.2, -0.15) is 0 Å². The highest BCUT2D eigenvalue weighted by Crippen LogP contribution is 2.28. The van der Waals surface area contributed by atoms with Crippen molar-refractivity contribution in [3.8, 4) is 11.1 Å². The average molecular weight is 378 g/mol. The fourth-order valence-corrected chi connectivity index (χ4v) is 3.59. The lowest BCUT2D eigenvalue weighted by molar-refractivity contribution is -0.0261. The molecule has 28 heavy (non-hydrogen) atoms. The fraction of sp³-hybridized carbons (Fsp3) is 0.350. The van der Waals surface area contributed by atoms with E-state index in [0.29, 0.717) is 31.3 Å². The third-order valence-electron chi connectivity index (χ3n) is 5.19. The van der Waals surface area contributed by atoms with E-state index < -0.39 is 0 Å². The standard InChI is InChI=1S/C20H22N6O2/c1-27-8-9-28-16-10-15(11-16)23-20-22-12-18-17(4-6-26(18)24-20)14-2-3-19-21-5-7-25(19)13-14/h2-7,12-13,15-16H,8-11H2,1H3,(H,23,24)/t15-,16+. The third kappa shape index (κ3) is 3.21. The highest BCUT2D eigenvalue weighted by Gasteiger charge is 2.30. The van der Waals surface area contributed by atoms with Gasteiger partial charge in [0.05, 0.1) is 31.0 Å². The smallest absolute Gasteiger partial charge is 0.241 e. The van der Waals surface area contributed by atoms with Crippen LogP contribution in [-0.4, -0.2) is 56.5 Å². The monoisotopic (exact) mass is 378 g/mol. The van der Waals surface area contributed by atoms with Crippen LogP contribution in [-0.2, 0) is 9.47 Å². The topological polar surface area (TPSA) is 78.0 Å². The van der Waals surface area contributed by atoms with Crippen molar-refractivity contribution in [2.75, 3.05) is 25.6 Å². The Kier molecular flexibility index (Phi) is 4.42. The number of pyridine rings is 1. The zero-order valence-corrected chi connectivity index (χ0v) is 15.7. The molecule has 0 aliphatic heterocycles. The molecule has 4 heterocycles. The molecule has 0 unspecified atom stereocenters. The summed E-state index contributed by atoms with van der Waals surface area (Å²) < 4.78 is 14.6. The summed E-state index contributed by atoms with van der Waals surface area (Å²) in [5.74, 6) is 0.639. The van der Waals surface area contributed by atoms with Crippen LogP contribution in [0.2, 0.25) is 0 Å². The summed E-state index contributed by atoms with van der Waals surface area (Å²) in [6.45, 7) is 1.28. The molecule has 8 heteroatoms. The Balaban J connectivity index is 1.29. The van der Waals surface area contributed by atoms with Crippen molar-refractivity contribution in [3.05, 3.63) is 49.2 Å². The van der Waals surface area contributed by atoms with Crippen molar-refractivity contribution >= 4 is 17.1 Å². The molecule has 0 radical (unpaired) electrons. The molecule has 5 rings (SSSR count). The molecule has 1 aliphatic rings. The largest absolute Gasteiger partial charge is 0.382 e. The number of nitrogens with one attached hydrogen (secondary N) is 1. The maximum absolute atomic E-state index is 5.72. The summed E-state index contributed by atoms with van der Waals surface area (Å²) in [6.07, 6.45) is 11.9. The molecule has 1 aliphatic carbocycles. The molecule has 8 nitrogen and oxygen atoms in total. The molecule has 4 aromatic rings. The minimum absolute atomic E-state index is 0.299. The van der Waals surface area contributed by atoms with Gasteiger partial charge >= 0.3 is 0 Å². The summed E-state index contributed by atoms with van der Waals surface area (Å²) in [7, 11) is 1.69. The quantitative estimate of drug-likeness (QED) is 0.498. The molecule has 1 fully saturated rings. The van der Waals surface area contributed by atoms with Crippen molar-refractivity contribution in [1.82, 2.24) is 24.0 Å². The first-order chi connectivity index (χ1) is 13.8. The molecule has 0 aromatic carbocycles. The molecule has 144 valence electrons. The first-order valence-corrected chi connectivity index (χ1v) is 9.45. The van der Waals surface area contributed by atoms with E-state index in [1.807, 2.05) is 33.6 Å². The predicted octanol–water partition coefficient (Wildman–Crippen LogP) is 2.65. The van der Waals surface area contributed by atoms with Gasteiger partial charge in [-0.1, -0.05) is 0 Å². The summed E-state index contributed by atoms with van der Waals surface area (Å²) in [5, 5.41) is 8.00. The number of hydrogen-bond acceptors (Lipinski definition) is 6. The normalized spacial score (nSPS) is 19.2. The molecule has 0 amide bonds. The first kappa shape index (κ1) is 17.2. The number of methoxy groups -OCH3 is 1. The van der Waals surface area contributed by atoms with Crippen LogP contribution < -0.4 is 5.32 Å². The summed E-state index contributed by atoms with van der Waals surface area (Å²) in [4.78, 5) is 8.81. The van der Waals surface area contributed by atoms with Gasteiger partial charge in [-0.3, -0.25) is 0 Å². The van der Waals surface area contributed by atoms with Gasteiger partial charge in [-0.25, -0.2) is 14.5 Å². The van der Waals surface area contributed by atoms with Crippen LogP contribution in [0.25, 0.3) is 22.3 Å². The Morgan fingerprint density at radius 1 is 1.14 bits per heavy atom. The molecule has 0 saturated heterocycles. The number of imidazole rings is 1. The second-order valence-electron chi connectivity index (χ2n) is 7.05. The Morgan fingerprint density at radius 2 is 2.07 bits per heavy atom. The van der Waals surface area contributed by atoms with E-state index in [0.717, 1.165) is 35.1 Å². The van der Waals surface area contributed by atoms with E-state index in [4.69, 9.17) is 9.47 Å². The SMILES string of the molecule is COCCO[C@H]1C[C@@H](Nc2ncc3c(-c4ccc5nccn5c4)ccn3n2)C1.